The minimum atomic E-state index is -0.299. The zero-order chi connectivity index (χ0) is 27.9. The van der Waals surface area contributed by atoms with Gasteiger partial charge in [-0.2, -0.15) is 0 Å². The van der Waals surface area contributed by atoms with Crippen molar-refractivity contribution in [2.75, 3.05) is 11.1 Å². The molecule has 10 heteroatoms. The number of amides is 2. The summed E-state index contributed by atoms with van der Waals surface area (Å²) >= 11 is 2.85. The Hall–Kier alpha value is -3.63. The van der Waals surface area contributed by atoms with E-state index in [1.165, 1.54) is 28.0 Å². The van der Waals surface area contributed by atoms with Gasteiger partial charge in [-0.25, -0.2) is 0 Å². The molecule has 0 unspecified atom stereocenters. The van der Waals surface area contributed by atoms with Gasteiger partial charge in [-0.1, -0.05) is 60.3 Å². The Bertz CT molecular complexity index is 1450. The van der Waals surface area contributed by atoms with E-state index in [0.717, 1.165) is 42.6 Å². The third kappa shape index (κ3) is 6.56. The van der Waals surface area contributed by atoms with Gasteiger partial charge in [0.1, 0.15) is 10.8 Å². The third-order valence-electron chi connectivity index (χ3n) is 6.76. The molecule has 2 heterocycles. The van der Waals surface area contributed by atoms with E-state index >= 15 is 0 Å². The lowest BCUT2D eigenvalue weighted by Crippen LogP contribution is -2.25. The van der Waals surface area contributed by atoms with Crippen molar-refractivity contribution < 1.29 is 14.3 Å². The van der Waals surface area contributed by atoms with Crippen LogP contribution in [0.25, 0.3) is 0 Å². The summed E-state index contributed by atoms with van der Waals surface area (Å²) in [7, 11) is 0. The molecule has 5 rings (SSSR count). The molecule has 1 atom stereocenters. The molecule has 2 amide bonds. The highest BCUT2D eigenvalue weighted by Crippen LogP contribution is 2.38. The molecule has 1 aliphatic rings. The fraction of sp³-hybridized carbons (Fsp3) is 0.333. The summed E-state index contributed by atoms with van der Waals surface area (Å²) in [5, 5.41) is 16.1. The molecule has 2 N–H and O–H groups in total. The van der Waals surface area contributed by atoms with Crippen molar-refractivity contribution in [2.24, 2.45) is 0 Å². The average Bonchev–Trinajstić information content (AvgIpc) is 3.56. The maximum absolute atomic E-state index is 13.3. The molecule has 0 radical (unpaired) electrons. The predicted octanol–water partition coefficient (Wildman–Crippen LogP) is 6.04. The number of anilines is 1. The summed E-state index contributed by atoms with van der Waals surface area (Å²) < 4.78 is 8.01. The van der Waals surface area contributed by atoms with Crippen molar-refractivity contribution in [3.63, 3.8) is 0 Å². The van der Waals surface area contributed by atoms with E-state index in [9.17, 15) is 9.59 Å². The highest BCUT2D eigenvalue weighted by molar-refractivity contribution is 7.99. The lowest BCUT2D eigenvalue weighted by Gasteiger charge is -2.15. The van der Waals surface area contributed by atoms with Gasteiger partial charge in [0.05, 0.1) is 11.3 Å². The van der Waals surface area contributed by atoms with Gasteiger partial charge in [0.2, 0.25) is 5.91 Å². The molecule has 8 nitrogen and oxygen atoms in total. The summed E-state index contributed by atoms with van der Waals surface area (Å²) in [6.45, 7) is 5.04. The molecular weight excluding hydrogens is 542 g/mol. The Kier molecular flexibility index (Phi) is 9.18. The van der Waals surface area contributed by atoms with E-state index in [4.69, 9.17) is 4.74 Å². The summed E-state index contributed by atoms with van der Waals surface area (Å²) in [6, 6.07) is 19.4. The van der Waals surface area contributed by atoms with Gasteiger partial charge in [-0.05, 0) is 62.8 Å². The van der Waals surface area contributed by atoms with Crippen LogP contribution in [-0.4, -0.2) is 32.3 Å². The van der Waals surface area contributed by atoms with Gasteiger partial charge >= 0.3 is 0 Å². The Morgan fingerprint density at radius 1 is 1.05 bits per heavy atom. The number of hydrogen-bond acceptors (Lipinski definition) is 7. The van der Waals surface area contributed by atoms with Gasteiger partial charge in [0.15, 0.2) is 17.1 Å². The monoisotopic (exact) mass is 575 g/mol. The number of aromatic nitrogens is 3. The molecule has 1 aliphatic carbocycles. The van der Waals surface area contributed by atoms with Crippen LogP contribution in [0.5, 0.6) is 5.75 Å². The maximum atomic E-state index is 13.3. The lowest BCUT2D eigenvalue weighted by atomic mass is 9.95. The highest BCUT2D eigenvalue weighted by Gasteiger charge is 2.27. The lowest BCUT2D eigenvalue weighted by molar-refractivity contribution is -0.113. The zero-order valence-electron chi connectivity index (χ0n) is 22.7. The number of nitrogens with zero attached hydrogens (tertiary/aromatic N) is 3. The number of para-hydroxylation sites is 1. The smallest absolute Gasteiger partial charge is 0.254 e. The summed E-state index contributed by atoms with van der Waals surface area (Å²) in [5.74, 6) is 1.30. The van der Waals surface area contributed by atoms with Crippen LogP contribution in [0.3, 0.4) is 0 Å². The van der Waals surface area contributed by atoms with Crippen LogP contribution in [0.4, 0.5) is 5.00 Å². The number of ether oxygens (including phenoxy) is 1. The number of rotatable bonds is 11. The van der Waals surface area contributed by atoms with Gasteiger partial charge in [0.25, 0.3) is 5.91 Å². The SMILES string of the molecule is CCn1c(SCC(=O)Nc2sc3c(c2C(=O)NCc2ccccc2)CCCC3)nnc1[C@@H](C)Oc1ccccc1. The molecule has 0 aliphatic heterocycles. The summed E-state index contributed by atoms with van der Waals surface area (Å²) in [4.78, 5) is 27.6. The van der Waals surface area contributed by atoms with Crippen LogP contribution >= 0.6 is 23.1 Å². The van der Waals surface area contributed by atoms with Crippen LogP contribution in [-0.2, 0) is 30.7 Å². The Labute approximate surface area is 242 Å². The molecule has 0 spiro atoms. The molecule has 0 saturated heterocycles. The van der Waals surface area contributed by atoms with Crippen molar-refractivity contribution >= 4 is 39.9 Å². The van der Waals surface area contributed by atoms with Crippen molar-refractivity contribution in [1.82, 2.24) is 20.1 Å². The van der Waals surface area contributed by atoms with Crippen LogP contribution < -0.4 is 15.4 Å². The van der Waals surface area contributed by atoms with E-state index in [1.54, 1.807) is 0 Å². The highest BCUT2D eigenvalue weighted by atomic mass is 32.2. The second-order valence-corrected chi connectivity index (χ2v) is 11.6. The van der Waals surface area contributed by atoms with Gasteiger partial charge in [-0.3, -0.25) is 9.59 Å². The second-order valence-electron chi connectivity index (χ2n) is 9.58. The van der Waals surface area contributed by atoms with E-state index in [2.05, 4.69) is 20.8 Å². The fourth-order valence-electron chi connectivity index (χ4n) is 4.81. The van der Waals surface area contributed by atoms with Crippen molar-refractivity contribution in [1.29, 1.82) is 0 Å². The van der Waals surface area contributed by atoms with Crippen LogP contribution in [0, 0.1) is 0 Å². The van der Waals surface area contributed by atoms with Gasteiger partial charge < -0.3 is 19.9 Å². The molecule has 40 heavy (non-hydrogen) atoms. The summed E-state index contributed by atoms with van der Waals surface area (Å²) in [6.07, 6.45) is 3.65. The Balaban J connectivity index is 1.25. The molecular formula is C30H33N5O3S2. The van der Waals surface area contributed by atoms with E-state index in [-0.39, 0.29) is 23.7 Å². The first-order valence-electron chi connectivity index (χ1n) is 13.6. The number of benzene rings is 2. The number of thiophene rings is 1. The van der Waals surface area contributed by atoms with E-state index in [0.29, 0.717) is 34.6 Å². The van der Waals surface area contributed by atoms with Crippen molar-refractivity contribution in [3.05, 3.63) is 88.1 Å². The molecule has 4 aromatic rings. The van der Waals surface area contributed by atoms with Crippen LogP contribution in [0.15, 0.2) is 65.8 Å². The molecule has 0 fully saturated rings. The normalized spacial score (nSPS) is 13.3. The molecule has 208 valence electrons. The minimum absolute atomic E-state index is 0.144. The number of nitrogens with one attached hydrogen (secondary N) is 2. The predicted molar refractivity (Wildman–Crippen MR) is 159 cm³/mol. The number of carbonyl (C=O) groups excluding carboxylic acids is 2. The van der Waals surface area contributed by atoms with E-state index < -0.39 is 0 Å². The van der Waals surface area contributed by atoms with Gasteiger partial charge in [0, 0.05) is 18.0 Å². The first-order valence-corrected chi connectivity index (χ1v) is 15.4. The molecule has 0 bridgehead atoms. The molecule has 2 aromatic heterocycles. The van der Waals surface area contributed by atoms with E-state index in [1.807, 2.05) is 79.1 Å². The van der Waals surface area contributed by atoms with Crippen molar-refractivity contribution in [3.8, 4) is 5.75 Å². The van der Waals surface area contributed by atoms with Crippen LogP contribution in [0.2, 0.25) is 0 Å². The average molecular weight is 576 g/mol. The second kappa shape index (κ2) is 13.1. The topological polar surface area (TPSA) is 98.1 Å². The molecule has 0 saturated carbocycles. The summed E-state index contributed by atoms with van der Waals surface area (Å²) in [5.41, 5.74) is 2.72. The Morgan fingerprint density at radius 2 is 1.77 bits per heavy atom. The minimum Gasteiger partial charge on any atom is -0.483 e. The molecule has 2 aromatic carbocycles. The number of carbonyl (C=O) groups is 2. The van der Waals surface area contributed by atoms with Gasteiger partial charge in [-0.15, -0.1) is 21.5 Å². The largest absolute Gasteiger partial charge is 0.483 e. The first-order chi connectivity index (χ1) is 19.5. The zero-order valence-corrected chi connectivity index (χ0v) is 24.3. The van der Waals surface area contributed by atoms with Crippen molar-refractivity contribution in [2.45, 2.75) is 63.9 Å². The number of aryl methyl sites for hydroxylation is 1. The standard InChI is InChI=1S/C30H33N5O3S2/c1-3-35-27(20(2)38-22-14-8-5-9-15-22)33-34-30(35)39-19-25(36)32-29-26(23-16-10-11-17-24(23)40-29)28(37)31-18-21-12-6-4-7-13-21/h4-9,12-15,20H,3,10-11,16-19H2,1-2H3,(H,31,37)(H,32,36)/t20-/m1/s1. The number of thioether (sulfide) groups is 1. The maximum Gasteiger partial charge on any atom is 0.254 e. The van der Waals surface area contributed by atoms with Crippen LogP contribution in [0.1, 0.15) is 65.0 Å². The third-order valence-corrected chi connectivity index (χ3v) is 8.93. The first kappa shape index (κ1) is 27.9. The fourth-order valence-corrected chi connectivity index (χ4v) is 6.93. The number of hydrogen-bond donors (Lipinski definition) is 2. The Morgan fingerprint density at radius 3 is 2.52 bits per heavy atom. The quantitative estimate of drug-likeness (QED) is 0.212. The number of fused-ring (bicyclic) bond motifs is 1.